The van der Waals surface area contributed by atoms with Crippen molar-refractivity contribution in [3.05, 3.63) is 30.3 Å². The van der Waals surface area contributed by atoms with Gasteiger partial charge in [-0.05, 0) is 25.0 Å². The predicted octanol–water partition coefficient (Wildman–Crippen LogP) is 2.15. The molecule has 0 aromatic heterocycles. The molecule has 0 fully saturated rings. The lowest BCUT2D eigenvalue weighted by molar-refractivity contribution is 0.0993. The van der Waals surface area contributed by atoms with Crippen molar-refractivity contribution in [3.63, 3.8) is 0 Å². The molecule has 0 heterocycles. The van der Waals surface area contributed by atoms with Crippen LogP contribution in [0.2, 0.25) is 0 Å². The highest BCUT2D eigenvalue weighted by Gasteiger charge is 1.93. The average Bonchev–Trinajstić information content (AvgIpc) is 2.29. The van der Waals surface area contributed by atoms with E-state index < -0.39 is 0 Å². The summed E-state index contributed by atoms with van der Waals surface area (Å²) in [5.74, 6) is 0.870. The minimum atomic E-state index is 0.545. The van der Waals surface area contributed by atoms with Crippen LogP contribution in [0.1, 0.15) is 12.8 Å². The fourth-order valence-electron chi connectivity index (χ4n) is 1.19. The molecule has 16 heavy (non-hydrogen) atoms. The summed E-state index contributed by atoms with van der Waals surface area (Å²) < 4.78 is 10.8. The first-order valence-corrected chi connectivity index (χ1v) is 5.74. The van der Waals surface area contributed by atoms with E-state index in [-0.39, 0.29) is 0 Å². The van der Waals surface area contributed by atoms with E-state index in [0.29, 0.717) is 24.8 Å². The molecule has 0 atom stereocenters. The van der Waals surface area contributed by atoms with E-state index in [9.17, 15) is 0 Å². The second-order valence-corrected chi connectivity index (χ2v) is 3.87. The third-order valence-corrected chi connectivity index (χ3v) is 2.16. The van der Waals surface area contributed by atoms with E-state index in [4.69, 9.17) is 27.4 Å². The molecule has 1 aromatic rings. The summed E-state index contributed by atoms with van der Waals surface area (Å²) in [7, 11) is 0. The summed E-state index contributed by atoms with van der Waals surface area (Å²) in [6.07, 6.45) is 1.62. The number of rotatable bonds is 8. The minimum absolute atomic E-state index is 0.545. The zero-order valence-electron chi connectivity index (χ0n) is 9.22. The van der Waals surface area contributed by atoms with Gasteiger partial charge in [-0.1, -0.05) is 30.4 Å². The lowest BCUT2D eigenvalue weighted by Crippen LogP contribution is -2.11. The molecule has 0 aliphatic rings. The quantitative estimate of drug-likeness (QED) is 0.557. The van der Waals surface area contributed by atoms with Crippen LogP contribution in [0.15, 0.2) is 30.3 Å². The van der Waals surface area contributed by atoms with Gasteiger partial charge < -0.3 is 15.2 Å². The highest BCUT2D eigenvalue weighted by molar-refractivity contribution is 7.80. The summed E-state index contributed by atoms with van der Waals surface area (Å²) in [5.41, 5.74) is 5.36. The van der Waals surface area contributed by atoms with Crippen molar-refractivity contribution < 1.29 is 9.47 Å². The molecule has 1 rings (SSSR count). The van der Waals surface area contributed by atoms with Gasteiger partial charge in [0.1, 0.15) is 12.4 Å². The van der Waals surface area contributed by atoms with E-state index in [2.05, 4.69) is 0 Å². The van der Waals surface area contributed by atoms with Gasteiger partial charge in [-0.3, -0.25) is 0 Å². The number of benzene rings is 1. The molecule has 0 amide bonds. The van der Waals surface area contributed by atoms with E-state index in [0.717, 1.165) is 18.6 Å². The molecule has 2 N–H and O–H groups in total. The number of thiocarbonyl (C=S) groups is 1. The molecule has 0 unspecified atom stereocenters. The molecule has 0 saturated heterocycles. The Hall–Kier alpha value is -1.13. The van der Waals surface area contributed by atoms with Gasteiger partial charge in [-0.25, -0.2) is 0 Å². The first-order chi connectivity index (χ1) is 7.79. The van der Waals surface area contributed by atoms with Crippen molar-refractivity contribution in [1.29, 1.82) is 0 Å². The second kappa shape index (κ2) is 8.07. The summed E-state index contributed by atoms with van der Waals surface area (Å²) in [5, 5.41) is 0. The van der Waals surface area contributed by atoms with Crippen molar-refractivity contribution in [2.24, 2.45) is 5.73 Å². The van der Waals surface area contributed by atoms with Crippen LogP contribution in [-0.2, 0) is 4.74 Å². The van der Waals surface area contributed by atoms with Crippen LogP contribution in [0.4, 0.5) is 0 Å². The Kier molecular flexibility index (Phi) is 6.53. The van der Waals surface area contributed by atoms with Crippen molar-refractivity contribution >= 4 is 17.2 Å². The lowest BCUT2D eigenvalue weighted by Gasteiger charge is -2.06. The zero-order chi connectivity index (χ0) is 11.6. The average molecular weight is 239 g/mol. The minimum Gasteiger partial charge on any atom is -0.491 e. The molecule has 0 aliphatic heterocycles. The highest BCUT2D eigenvalue weighted by Crippen LogP contribution is 2.07. The van der Waals surface area contributed by atoms with E-state index >= 15 is 0 Å². The highest BCUT2D eigenvalue weighted by atomic mass is 32.1. The molecule has 0 bridgehead atoms. The summed E-state index contributed by atoms with van der Waals surface area (Å²) in [6.45, 7) is 1.83. The van der Waals surface area contributed by atoms with E-state index in [1.807, 2.05) is 30.3 Å². The summed E-state index contributed by atoms with van der Waals surface area (Å²) >= 11 is 4.76. The molecule has 0 radical (unpaired) electrons. The fraction of sp³-hybridized carbons (Fsp3) is 0.417. The van der Waals surface area contributed by atoms with Crippen LogP contribution in [0.25, 0.3) is 0 Å². The number of hydrogen-bond donors (Lipinski definition) is 1. The molecular weight excluding hydrogens is 222 g/mol. The lowest BCUT2D eigenvalue weighted by atomic mass is 10.3. The van der Waals surface area contributed by atoms with Crippen LogP contribution in [0.5, 0.6) is 5.75 Å². The SMILES string of the molecule is NC(=S)CCCOCCOc1ccccc1. The maximum absolute atomic E-state index is 5.46. The smallest absolute Gasteiger partial charge is 0.119 e. The van der Waals surface area contributed by atoms with Crippen LogP contribution in [0, 0.1) is 0 Å². The fourth-order valence-corrected chi connectivity index (χ4v) is 1.33. The zero-order valence-corrected chi connectivity index (χ0v) is 10.0. The Morgan fingerprint density at radius 2 is 1.88 bits per heavy atom. The molecule has 88 valence electrons. The van der Waals surface area contributed by atoms with Crippen molar-refractivity contribution in [3.8, 4) is 5.75 Å². The molecule has 4 heteroatoms. The summed E-state index contributed by atoms with van der Waals surface area (Å²) in [6, 6.07) is 9.69. The van der Waals surface area contributed by atoms with Gasteiger partial charge in [0.15, 0.2) is 0 Å². The molecule has 1 aromatic carbocycles. The van der Waals surface area contributed by atoms with Gasteiger partial charge in [0.05, 0.1) is 11.6 Å². The van der Waals surface area contributed by atoms with Crippen LogP contribution >= 0.6 is 12.2 Å². The standard InChI is InChI=1S/C12H17NO2S/c13-12(16)7-4-8-14-9-10-15-11-5-2-1-3-6-11/h1-3,5-6H,4,7-10H2,(H2,13,16). The molecule has 0 saturated carbocycles. The van der Waals surface area contributed by atoms with Crippen molar-refractivity contribution in [2.45, 2.75) is 12.8 Å². The molecule has 0 spiro atoms. The van der Waals surface area contributed by atoms with Gasteiger partial charge in [0.2, 0.25) is 0 Å². The van der Waals surface area contributed by atoms with Gasteiger partial charge in [0.25, 0.3) is 0 Å². The monoisotopic (exact) mass is 239 g/mol. The number of para-hydroxylation sites is 1. The van der Waals surface area contributed by atoms with Gasteiger partial charge >= 0.3 is 0 Å². The number of ether oxygens (including phenoxy) is 2. The second-order valence-electron chi connectivity index (χ2n) is 3.34. The third-order valence-electron chi connectivity index (χ3n) is 1.95. The third kappa shape index (κ3) is 6.37. The van der Waals surface area contributed by atoms with Crippen LogP contribution in [0.3, 0.4) is 0 Å². The van der Waals surface area contributed by atoms with Gasteiger partial charge in [0, 0.05) is 6.61 Å². The Labute approximate surface area is 102 Å². The molecule has 0 aliphatic carbocycles. The van der Waals surface area contributed by atoms with E-state index in [1.54, 1.807) is 0 Å². The van der Waals surface area contributed by atoms with Gasteiger partial charge in [-0.15, -0.1) is 0 Å². The Balaban J connectivity index is 1.94. The molecule has 3 nitrogen and oxygen atoms in total. The maximum Gasteiger partial charge on any atom is 0.119 e. The van der Waals surface area contributed by atoms with Crippen molar-refractivity contribution in [1.82, 2.24) is 0 Å². The van der Waals surface area contributed by atoms with Gasteiger partial charge in [-0.2, -0.15) is 0 Å². The predicted molar refractivity (Wildman–Crippen MR) is 68.8 cm³/mol. The summed E-state index contributed by atoms with van der Waals surface area (Å²) in [4.78, 5) is 0.545. The van der Waals surface area contributed by atoms with Crippen molar-refractivity contribution in [2.75, 3.05) is 19.8 Å². The Morgan fingerprint density at radius 3 is 2.56 bits per heavy atom. The number of hydrogen-bond acceptors (Lipinski definition) is 3. The van der Waals surface area contributed by atoms with Crippen LogP contribution < -0.4 is 10.5 Å². The first-order valence-electron chi connectivity index (χ1n) is 5.33. The Morgan fingerprint density at radius 1 is 1.12 bits per heavy atom. The maximum atomic E-state index is 5.46. The van der Waals surface area contributed by atoms with Crippen LogP contribution in [-0.4, -0.2) is 24.8 Å². The largest absolute Gasteiger partial charge is 0.491 e. The first kappa shape index (κ1) is 12.9. The van der Waals surface area contributed by atoms with E-state index in [1.165, 1.54) is 0 Å². The Bertz CT molecular complexity index is 303. The molecular formula is C12H17NO2S. The topological polar surface area (TPSA) is 44.5 Å². The number of nitrogens with two attached hydrogens (primary N) is 1. The normalized spacial score (nSPS) is 10.0.